The molecule has 5 fully saturated rings. The minimum atomic E-state index is -2.33. The van der Waals surface area contributed by atoms with Crippen LogP contribution in [0.25, 0.3) is 0 Å². The molecule has 11 atom stereocenters. The van der Waals surface area contributed by atoms with E-state index in [-0.39, 0.29) is 38.0 Å². The molecule has 224 valence electrons. The maximum atomic E-state index is 17.6. The van der Waals surface area contributed by atoms with Crippen LogP contribution in [-0.4, -0.2) is 76.6 Å². The number of ether oxygens (including phenoxy) is 3. The van der Waals surface area contributed by atoms with Crippen LogP contribution < -0.4 is 0 Å². The Kier molecular flexibility index (Phi) is 6.86. The predicted octanol–water partition coefficient (Wildman–Crippen LogP) is 3.45. The van der Waals surface area contributed by atoms with Crippen molar-refractivity contribution in [1.29, 1.82) is 0 Å². The Morgan fingerprint density at radius 2 is 1.90 bits per heavy atom. The lowest BCUT2D eigenvalue weighted by Crippen LogP contribution is -2.70. The van der Waals surface area contributed by atoms with Crippen LogP contribution in [0.5, 0.6) is 0 Å². The van der Waals surface area contributed by atoms with Gasteiger partial charge in [0.25, 0.3) is 0 Å². The van der Waals surface area contributed by atoms with E-state index in [0.717, 1.165) is 17.8 Å². The highest BCUT2D eigenvalue weighted by molar-refractivity contribution is 8.14. The van der Waals surface area contributed by atoms with Gasteiger partial charge in [0.15, 0.2) is 17.1 Å². The number of alkyl halides is 2. The van der Waals surface area contributed by atoms with Crippen molar-refractivity contribution in [3.05, 3.63) is 23.8 Å². The number of fused-ring (bicyclic) bond motifs is 5. The Morgan fingerprint density at radius 3 is 2.56 bits per heavy atom. The zero-order chi connectivity index (χ0) is 29.5. The molecule has 11 heteroatoms. The van der Waals surface area contributed by atoms with Crippen molar-refractivity contribution in [2.75, 3.05) is 19.8 Å². The molecule has 8 nitrogen and oxygen atoms in total. The maximum absolute atomic E-state index is 17.6. The summed E-state index contributed by atoms with van der Waals surface area (Å²) in [7, 11) is 0. The Labute approximate surface area is 241 Å². The highest BCUT2D eigenvalue weighted by Crippen LogP contribution is 2.72. The van der Waals surface area contributed by atoms with Gasteiger partial charge in [0.2, 0.25) is 5.12 Å². The van der Waals surface area contributed by atoms with Crippen LogP contribution in [0.1, 0.15) is 52.9 Å². The van der Waals surface area contributed by atoms with Gasteiger partial charge in [-0.2, -0.15) is 0 Å². The molecule has 2 saturated heterocycles. The standard InChI is InChI=1S/C30H36F2O8S/c1-15-10-18-19-12-21(31)20-11-17(33)4-7-27(20,2)29(19,32)23(34)13-28(18,3)30(15,40-24(35)16-5-8-38-14-16)26(37)41-22-6-9-39-25(22)36/h4,7,11,15-16,18-19,21-23,34H,5-6,8-10,12-14H2,1-3H3/t15-,16?,18+,19+,21+,22+,23+,27+,28+,29+,30+/m1/s1. The van der Waals surface area contributed by atoms with Crippen molar-refractivity contribution in [2.45, 2.75) is 81.7 Å². The molecule has 2 aliphatic heterocycles. The van der Waals surface area contributed by atoms with Crippen LogP contribution in [0.4, 0.5) is 8.78 Å². The third-order valence-corrected chi connectivity index (χ3v) is 12.4. The number of aliphatic hydroxyl groups excluding tert-OH is 1. The molecule has 0 aromatic rings. The quantitative estimate of drug-likeness (QED) is 0.489. The summed E-state index contributed by atoms with van der Waals surface area (Å²) in [5.74, 6) is -4.41. The average molecular weight is 595 g/mol. The lowest BCUT2D eigenvalue weighted by molar-refractivity contribution is -0.230. The number of ketones is 1. The van der Waals surface area contributed by atoms with E-state index in [4.69, 9.17) is 14.2 Å². The zero-order valence-corrected chi connectivity index (χ0v) is 24.2. The van der Waals surface area contributed by atoms with Gasteiger partial charge >= 0.3 is 11.9 Å². The molecule has 1 N–H and O–H groups in total. The third kappa shape index (κ3) is 3.83. The van der Waals surface area contributed by atoms with E-state index < -0.39 is 86.1 Å². The molecule has 6 rings (SSSR count). The van der Waals surface area contributed by atoms with E-state index in [9.17, 15) is 24.3 Å². The van der Waals surface area contributed by atoms with Gasteiger partial charge in [-0.1, -0.05) is 31.7 Å². The first-order chi connectivity index (χ1) is 19.3. The number of carbonyl (C=O) groups excluding carboxylic acids is 4. The first-order valence-corrected chi connectivity index (χ1v) is 15.3. The molecule has 4 aliphatic carbocycles. The van der Waals surface area contributed by atoms with E-state index >= 15 is 8.78 Å². The molecule has 6 aliphatic rings. The number of carbonyl (C=O) groups is 4. The number of hydrogen-bond acceptors (Lipinski definition) is 9. The fourth-order valence-electron chi connectivity index (χ4n) is 8.98. The molecular weight excluding hydrogens is 558 g/mol. The molecule has 41 heavy (non-hydrogen) atoms. The molecule has 0 amide bonds. The van der Waals surface area contributed by atoms with Gasteiger partial charge in [-0.15, -0.1) is 0 Å². The Bertz CT molecular complexity index is 1250. The highest BCUT2D eigenvalue weighted by atomic mass is 32.2. The summed E-state index contributed by atoms with van der Waals surface area (Å²) in [6.07, 6.45) is 0.940. The van der Waals surface area contributed by atoms with Crippen molar-refractivity contribution < 1.29 is 47.3 Å². The maximum Gasteiger partial charge on any atom is 0.319 e. The molecule has 0 radical (unpaired) electrons. The van der Waals surface area contributed by atoms with Crippen molar-refractivity contribution >= 4 is 34.6 Å². The van der Waals surface area contributed by atoms with E-state index in [0.29, 0.717) is 19.4 Å². The second-order valence-corrected chi connectivity index (χ2v) is 14.2. The van der Waals surface area contributed by atoms with Crippen LogP contribution in [0.2, 0.25) is 0 Å². The predicted molar refractivity (Wildman–Crippen MR) is 143 cm³/mol. The minimum absolute atomic E-state index is 0.0164. The van der Waals surface area contributed by atoms with Gasteiger partial charge in [-0.3, -0.25) is 19.2 Å². The SMILES string of the molecule is C[C@@H]1C[C@H]2[C@@H]3C[C@H](F)C4=CC(=O)C=C[C@]4(C)[C@@]3(F)[C@@H](O)C[C@]2(C)[C@@]1(OC(=O)C1CCOC1)C(=O)S[C@H]1CCOC1=O. The Hall–Kier alpha value is -2.11. The van der Waals surface area contributed by atoms with Crippen molar-refractivity contribution in [1.82, 2.24) is 0 Å². The number of rotatable bonds is 4. The molecule has 1 unspecified atom stereocenters. The number of thioether (sulfide) groups is 1. The highest BCUT2D eigenvalue weighted by Gasteiger charge is 2.78. The van der Waals surface area contributed by atoms with E-state index in [2.05, 4.69) is 0 Å². The molecule has 0 bridgehead atoms. The van der Waals surface area contributed by atoms with Crippen LogP contribution in [0, 0.1) is 34.5 Å². The van der Waals surface area contributed by atoms with Crippen molar-refractivity contribution in [2.24, 2.45) is 34.5 Å². The van der Waals surface area contributed by atoms with Gasteiger partial charge in [0.1, 0.15) is 11.4 Å². The summed E-state index contributed by atoms with van der Waals surface area (Å²) in [4.78, 5) is 52.3. The molecule has 2 heterocycles. The van der Waals surface area contributed by atoms with Crippen molar-refractivity contribution in [3.63, 3.8) is 0 Å². The molecule has 0 aromatic carbocycles. The number of allylic oxidation sites excluding steroid dienone is 4. The van der Waals surface area contributed by atoms with E-state index in [1.165, 1.54) is 19.1 Å². The first-order valence-electron chi connectivity index (χ1n) is 14.4. The van der Waals surface area contributed by atoms with E-state index in [1.54, 1.807) is 13.8 Å². The van der Waals surface area contributed by atoms with E-state index in [1.807, 2.05) is 0 Å². The third-order valence-electron chi connectivity index (χ3n) is 11.1. The van der Waals surface area contributed by atoms with Gasteiger partial charge < -0.3 is 19.3 Å². The van der Waals surface area contributed by atoms with Crippen molar-refractivity contribution in [3.8, 4) is 0 Å². The van der Waals surface area contributed by atoms with Crippen LogP contribution in [0.3, 0.4) is 0 Å². The summed E-state index contributed by atoms with van der Waals surface area (Å²) in [6, 6.07) is 0. The lowest BCUT2D eigenvalue weighted by atomic mass is 9.44. The molecule has 3 saturated carbocycles. The van der Waals surface area contributed by atoms with Gasteiger partial charge in [-0.25, -0.2) is 8.78 Å². The second-order valence-electron chi connectivity index (χ2n) is 13.1. The van der Waals surface area contributed by atoms with Crippen LogP contribution >= 0.6 is 11.8 Å². The molecule has 0 spiro atoms. The number of aliphatic hydroxyl groups is 1. The second kappa shape index (κ2) is 9.71. The summed E-state index contributed by atoms with van der Waals surface area (Å²) in [5, 5.41) is 10.4. The largest absolute Gasteiger partial charge is 0.465 e. The topological polar surface area (TPSA) is 116 Å². The molecular formula is C30H36F2O8S. The van der Waals surface area contributed by atoms with Gasteiger partial charge in [0, 0.05) is 35.7 Å². The fourth-order valence-corrected chi connectivity index (χ4v) is 10.3. The number of halogens is 2. The molecule has 0 aromatic heterocycles. The average Bonchev–Trinajstić information content (AvgIpc) is 3.64. The first kappa shape index (κ1) is 29.0. The smallest absolute Gasteiger partial charge is 0.319 e. The summed E-state index contributed by atoms with van der Waals surface area (Å²) < 4.78 is 50.2. The van der Waals surface area contributed by atoms with Crippen LogP contribution in [0.15, 0.2) is 23.8 Å². The Balaban J connectivity index is 1.44. The lowest BCUT2D eigenvalue weighted by Gasteiger charge is -2.63. The summed E-state index contributed by atoms with van der Waals surface area (Å²) in [5.41, 5.74) is -6.94. The summed E-state index contributed by atoms with van der Waals surface area (Å²) in [6.45, 7) is 5.73. The number of esters is 2. The number of cyclic esters (lactones) is 1. The zero-order valence-electron chi connectivity index (χ0n) is 23.4. The monoisotopic (exact) mass is 594 g/mol. The fraction of sp³-hybridized carbons (Fsp3) is 0.733. The van der Waals surface area contributed by atoms with Gasteiger partial charge in [-0.05, 0) is 56.3 Å². The summed E-state index contributed by atoms with van der Waals surface area (Å²) >= 11 is 0.773. The normalized spacial score (nSPS) is 48.6. The number of hydrogen-bond donors (Lipinski definition) is 1. The Morgan fingerprint density at radius 1 is 1.15 bits per heavy atom. The minimum Gasteiger partial charge on any atom is -0.465 e. The van der Waals surface area contributed by atoms with Gasteiger partial charge in [0.05, 0.1) is 25.2 Å². The van der Waals surface area contributed by atoms with Crippen LogP contribution in [-0.2, 0) is 33.4 Å².